The summed E-state index contributed by atoms with van der Waals surface area (Å²) in [6, 6.07) is 4.87. The van der Waals surface area contributed by atoms with Crippen LogP contribution in [0.15, 0.2) is 18.2 Å². The lowest BCUT2D eigenvalue weighted by Gasteiger charge is -2.39. The Morgan fingerprint density at radius 3 is 2.57 bits per heavy atom. The van der Waals surface area contributed by atoms with E-state index in [-0.39, 0.29) is 35.8 Å². The predicted molar refractivity (Wildman–Crippen MR) is 114 cm³/mol. The van der Waals surface area contributed by atoms with Gasteiger partial charge in [-0.1, -0.05) is 32.9 Å². The summed E-state index contributed by atoms with van der Waals surface area (Å²) in [6.07, 6.45) is 1.30. The molecular weight excluding hydrogens is 400 g/mol. The van der Waals surface area contributed by atoms with Gasteiger partial charge in [-0.05, 0) is 41.7 Å². The fourth-order valence-corrected chi connectivity index (χ4v) is 4.96. The lowest BCUT2D eigenvalue weighted by molar-refractivity contribution is -0.136. The summed E-state index contributed by atoms with van der Waals surface area (Å²) in [5.41, 5.74) is 2.24. The summed E-state index contributed by atoms with van der Waals surface area (Å²) in [7, 11) is -2.10. The fraction of sp³-hybridized carbons (Fsp3) is 0.545. The molecule has 30 heavy (non-hydrogen) atoms. The standard InChI is InChI=1S/C22H30N2O5Si/c1-22(2,3)30(4,5)29-18(10-11-25)14-6-7-16-15(12-14)13-24(21(16)28)17-8-9-19(26)23-20(17)27/h6-7,11-12,17-18H,8-10,13H2,1-5H3,(H,23,26,27)/t17-,18?/m0/s1. The summed E-state index contributed by atoms with van der Waals surface area (Å²) in [5, 5.41) is 2.32. The second kappa shape index (κ2) is 8.07. The van der Waals surface area contributed by atoms with Gasteiger partial charge in [-0.15, -0.1) is 0 Å². The van der Waals surface area contributed by atoms with Gasteiger partial charge in [-0.2, -0.15) is 0 Å². The van der Waals surface area contributed by atoms with Crippen molar-refractivity contribution in [3.8, 4) is 0 Å². The molecule has 1 N–H and O–H groups in total. The lowest BCUT2D eigenvalue weighted by Crippen LogP contribution is -2.52. The zero-order valence-electron chi connectivity index (χ0n) is 18.3. The molecule has 3 amide bonds. The molecular formula is C22H30N2O5Si. The molecule has 1 aromatic rings. The number of benzene rings is 1. The minimum atomic E-state index is -2.10. The molecule has 2 aliphatic heterocycles. The number of hydrogen-bond donors (Lipinski definition) is 1. The first-order chi connectivity index (χ1) is 13.9. The first-order valence-corrected chi connectivity index (χ1v) is 13.2. The molecule has 1 saturated heterocycles. The zero-order chi connectivity index (χ0) is 22.3. The highest BCUT2D eigenvalue weighted by Gasteiger charge is 2.41. The lowest BCUT2D eigenvalue weighted by atomic mass is 10.0. The molecule has 2 heterocycles. The number of fused-ring (bicyclic) bond motifs is 1. The van der Waals surface area contributed by atoms with Crippen molar-refractivity contribution < 1.29 is 23.6 Å². The first-order valence-electron chi connectivity index (χ1n) is 10.3. The Morgan fingerprint density at radius 1 is 1.27 bits per heavy atom. The topological polar surface area (TPSA) is 92.8 Å². The van der Waals surface area contributed by atoms with E-state index in [1.807, 2.05) is 12.1 Å². The number of carbonyl (C=O) groups excluding carboxylic acids is 4. The quantitative estimate of drug-likeness (QED) is 0.425. The van der Waals surface area contributed by atoms with E-state index in [9.17, 15) is 19.2 Å². The molecule has 1 unspecified atom stereocenters. The largest absolute Gasteiger partial charge is 0.410 e. The van der Waals surface area contributed by atoms with E-state index in [1.165, 1.54) is 4.90 Å². The molecule has 8 heteroatoms. The maximum Gasteiger partial charge on any atom is 0.255 e. The van der Waals surface area contributed by atoms with Crippen molar-refractivity contribution in [2.24, 2.45) is 0 Å². The van der Waals surface area contributed by atoms with Gasteiger partial charge in [-0.3, -0.25) is 19.7 Å². The van der Waals surface area contributed by atoms with Gasteiger partial charge in [0.05, 0.1) is 6.10 Å². The first kappa shape index (κ1) is 22.4. The highest BCUT2D eigenvalue weighted by Crippen LogP contribution is 2.41. The highest BCUT2D eigenvalue weighted by atomic mass is 28.4. The van der Waals surface area contributed by atoms with E-state index in [2.05, 4.69) is 39.2 Å². The monoisotopic (exact) mass is 430 g/mol. The van der Waals surface area contributed by atoms with Crippen LogP contribution in [-0.4, -0.2) is 43.3 Å². The summed E-state index contributed by atoms with van der Waals surface area (Å²) in [4.78, 5) is 49.4. The molecule has 0 aromatic heterocycles. The number of amides is 3. The van der Waals surface area contributed by atoms with Gasteiger partial charge in [0.25, 0.3) is 5.91 Å². The van der Waals surface area contributed by atoms with E-state index in [4.69, 9.17) is 4.43 Å². The van der Waals surface area contributed by atoms with Crippen molar-refractivity contribution in [1.82, 2.24) is 10.2 Å². The van der Waals surface area contributed by atoms with Crippen LogP contribution >= 0.6 is 0 Å². The maximum absolute atomic E-state index is 12.9. The molecule has 162 valence electrons. The molecule has 1 fully saturated rings. The number of piperidine rings is 1. The van der Waals surface area contributed by atoms with Crippen LogP contribution in [0.25, 0.3) is 0 Å². The van der Waals surface area contributed by atoms with Crippen molar-refractivity contribution in [3.05, 3.63) is 34.9 Å². The average molecular weight is 431 g/mol. The normalized spacial score (nSPS) is 20.8. The van der Waals surface area contributed by atoms with Crippen molar-refractivity contribution in [2.45, 2.75) is 76.9 Å². The molecule has 0 spiro atoms. The Labute approximate surface area is 178 Å². The molecule has 0 bridgehead atoms. The molecule has 3 rings (SSSR count). The second-order valence-corrected chi connectivity index (χ2v) is 14.3. The third-order valence-electron chi connectivity index (χ3n) is 6.47. The summed E-state index contributed by atoms with van der Waals surface area (Å²) in [5.74, 6) is -0.932. The maximum atomic E-state index is 12.9. The Bertz CT molecular complexity index is 890. The molecule has 0 aliphatic carbocycles. The molecule has 7 nitrogen and oxygen atoms in total. The Kier molecular flexibility index (Phi) is 6.02. The van der Waals surface area contributed by atoms with Crippen LogP contribution in [0.4, 0.5) is 0 Å². The number of rotatable bonds is 6. The minimum absolute atomic E-state index is 0.00338. The fourth-order valence-electron chi connectivity index (χ4n) is 3.67. The van der Waals surface area contributed by atoms with Crippen molar-refractivity contribution in [3.63, 3.8) is 0 Å². The van der Waals surface area contributed by atoms with Gasteiger partial charge in [0.1, 0.15) is 12.3 Å². The van der Waals surface area contributed by atoms with E-state index < -0.39 is 20.3 Å². The van der Waals surface area contributed by atoms with Gasteiger partial charge in [0, 0.05) is 24.9 Å². The average Bonchev–Trinajstić information content (AvgIpc) is 2.96. The van der Waals surface area contributed by atoms with Crippen molar-refractivity contribution in [2.75, 3.05) is 0 Å². The second-order valence-electron chi connectivity index (χ2n) is 9.59. The van der Waals surface area contributed by atoms with Crippen LogP contribution in [0.5, 0.6) is 0 Å². The zero-order valence-corrected chi connectivity index (χ0v) is 19.3. The summed E-state index contributed by atoms with van der Waals surface area (Å²) in [6.45, 7) is 11.0. The van der Waals surface area contributed by atoms with Crippen molar-refractivity contribution in [1.29, 1.82) is 0 Å². The van der Waals surface area contributed by atoms with Crippen LogP contribution in [0.3, 0.4) is 0 Å². The van der Waals surface area contributed by atoms with Gasteiger partial charge in [0.2, 0.25) is 11.8 Å². The van der Waals surface area contributed by atoms with Crippen LogP contribution in [-0.2, 0) is 25.4 Å². The van der Waals surface area contributed by atoms with Gasteiger partial charge in [-0.25, -0.2) is 0 Å². The molecule has 0 radical (unpaired) electrons. The number of nitrogens with zero attached hydrogens (tertiary/aromatic N) is 1. The Balaban J connectivity index is 1.84. The number of hydrogen-bond acceptors (Lipinski definition) is 5. The SMILES string of the molecule is CC(C)(C)[Si](C)(C)OC(CC=O)c1ccc2c(c1)CN([C@H]1CCC(=O)NC1=O)C2=O. The summed E-state index contributed by atoms with van der Waals surface area (Å²) >= 11 is 0. The molecule has 2 aliphatic rings. The van der Waals surface area contributed by atoms with Crippen LogP contribution in [0, 0.1) is 0 Å². The molecule has 0 saturated carbocycles. The Hall–Kier alpha value is -2.32. The van der Waals surface area contributed by atoms with Crippen LogP contribution in [0.2, 0.25) is 18.1 Å². The highest BCUT2D eigenvalue weighted by molar-refractivity contribution is 6.74. The van der Waals surface area contributed by atoms with Crippen LogP contribution < -0.4 is 5.32 Å². The third-order valence-corrected chi connectivity index (χ3v) is 11.0. The van der Waals surface area contributed by atoms with Crippen molar-refractivity contribution >= 4 is 32.3 Å². The predicted octanol–water partition coefficient (Wildman–Crippen LogP) is 3.10. The smallest absolute Gasteiger partial charge is 0.255 e. The van der Waals surface area contributed by atoms with Gasteiger partial charge >= 0.3 is 0 Å². The van der Waals surface area contributed by atoms with E-state index >= 15 is 0 Å². The number of nitrogens with one attached hydrogen (secondary N) is 1. The number of aldehydes is 1. The third kappa shape index (κ3) is 4.25. The summed E-state index contributed by atoms with van der Waals surface area (Å²) < 4.78 is 6.49. The minimum Gasteiger partial charge on any atom is -0.410 e. The van der Waals surface area contributed by atoms with Gasteiger partial charge < -0.3 is 14.1 Å². The molecule has 2 atom stereocenters. The Morgan fingerprint density at radius 2 is 1.97 bits per heavy atom. The van der Waals surface area contributed by atoms with Crippen LogP contribution in [0.1, 0.15) is 67.6 Å². The van der Waals surface area contributed by atoms with E-state index in [0.29, 0.717) is 18.5 Å². The van der Waals surface area contributed by atoms with E-state index in [0.717, 1.165) is 17.4 Å². The van der Waals surface area contributed by atoms with Gasteiger partial charge in [0.15, 0.2) is 8.32 Å². The van der Waals surface area contributed by atoms with E-state index in [1.54, 1.807) is 6.07 Å². The number of imide groups is 1. The molecule has 1 aromatic carbocycles. The number of carbonyl (C=O) groups is 4.